The van der Waals surface area contributed by atoms with E-state index in [2.05, 4.69) is 29.2 Å². The van der Waals surface area contributed by atoms with Gasteiger partial charge in [0, 0.05) is 18.9 Å². The van der Waals surface area contributed by atoms with Gasteiger partial charge in [0.25, 0.3) is 0 Å². The Morgan fingerprint density at radius 1 is 1.28 bits per heavy atom. The summed E-state index contributed by atoms with van der Waals surface area (Å²) in [6.07, 6.45) is 3.42. The van der Waals surface area contributed by atoms with Crippen molar-refractivity contribution in [3.63, 3.8) is 0 Å². The summed E-state index contributed by atoms with van der Waals surface area (Å²) in [6.45, 7) is 2.12. The molecule has 0 radical (unpaired) electrons. The van der Waals surface area contributed by atoms with Gasteiger partial charge in [0.2, 0.25) is 5.89 Å². The molecule has 0 aliphatic heterocycles. The maximum atomic E-state index is 5.95. The molecule has 4 heteroatoms. The zero-order valence-corrected chi connectivity index (χ0v) is 10.7. The zero-order valence-electron chi connectivity index (χ0n) is 10.7. The van der Waals surface area contributed by atoms with Gasteiger partial charge in [0.1, 0.15) is 0 Å². The summed E-state index contributed by atoms with van der Waals surface area (Å²) in [6, 6.07) is 10.2. The molecule has 1 aromatic heterocycles. The highest BCUT2D eigenvalue weighted by Gasteiger charge is 2.10. The first-order valence-corrected chi connectivity index (χ1v) is 6.39. The summed E-state index contributed by atoms with van der Waals surface area (Å²) in [5.74, 6) is 1.36. The second-order valence-corrected chi connectivity index (χ2v) is 4.52. The molecule has 0 saturated carbocycles. The highest BCUT2D eigenvalue weighted by molar-refractivity contribution is 5.18. The first-order valence-electron chi connectivity index (χ1n) is 6.39. The van der Waals surface area contributed by atoms with Crippen LogP contribution in [-0.4, -0.2) is 16.2 Å². The van der Waals surface area contributed by atoms with Crippen molar-refractivity contribution in [3.05, 3.63) is 47.6 Å². The predicted octanol–water partition coefficient (Wildman–Crippen LogP) is 2.33. The average molecular weight is 245 g/mol. The molecule has 1 aromatic carbocycles. The molecule has 1 unspecified atom stereocenters. The first-order chi connectivity index (χ1) is 8.78. The third-order valence-corrected chi connectivity index (χ3v) is 2.81. The molecule has 0 saturated heterocycles. The Morgan fingerprint density at radius 3 is 2.78 bits per heavy atom. The maximum absolute atomic E-state index is 5.95. The number of rotatable bonds is 6. The fraction of sp³-hybridized carbons (Fsp3) is 0.429. The topological polar surface area (TPSA) is 64.9 Å². The average Bonchev–Trinajstić information content (AvgIpc) is 2.78. The highest BCUT2D eigenvalue weighted by atomic mass is 16.5. The van der Waals surface area contributed by atoms with Crippen LogP contribution in [0.25, 0.3) is 0 Å². The quantitative estimate of drug-likeness (QED) is 0.848. The van der Waals surface area contributed by atoms with Gasteiger partial charge in [-0.3, -0.25) is 0 Å². The predicted molar refractivity (Wildman–Crippen MR) is 70.1 cm³/mol. The Kier molecular flexibility index (Phi) is 4.47. The summed E-state index contributed by atoms with van der Waals surface area (Å²) in [5, 5.41) is 3.98. The summed E-state index contributed by atoms with van der Waals surface area (Å²) in [5.41, 5.74) is 7.13. The standard InChI is InChI=1S/C14H19N3O/c1-2-6-12(15)10-14-16-13(17-18-14)9-11-7-4-3-5-8-11/h3-5,7-8,12H,2,6,9-10,15H2,1H3. The van der Waals surface area contributed by atoms with Crippen LogP contribution in [0.3, 0.4) is 0 Å². The second-order valence-electron chi connectivity index (χ2n) is 4.52. The van der Waals surface area contributed by atoms with E-state index in [1.54, 1.807) is 0 Å². The lowest BCUT2D eigenvalue weighted by Crippen LogP contribution is -2.22. The van der Waals surface area contributed by atoms with Gasteiger partial charge >= 0.3 is 0 Å². The third kappa shape index (κ3) is 3.67. The van der Waals surface area contributed by atoms with Crippen LogP contribution in [0, 0.1) is 0 Å². The van der Waals surface area contributed by atoms with Gasteiger partial charge in [-0.1, -0.05) is 48.8 Å². The van der Waals surface area contributed by atoms with Crippen LogP contribution in [-0.2, 0) is 12.8 Å². The lowest BCUT2D eigenvalue weighted by molar-refractivity contribution is 0.361. The maximum Gasteiger partial charge on any atom is 0.228 e. The van der Waals surface area contributed by atoms with Crippen molar-refractivity contribution in [1.82, 2.24) is 10.1 Å². The van der Waals surface area contributed by atoms with Crippen LogP contribution >= 0.6 is 0 Å². The number of hydrogen-bond donors (Lipinski definition) is 1. The molecular formula is C14H19N3O. The van der Waals surface area contributed by atoms with Crippen molar-refractivity contribution < 1.29 is 4.52 Å². The van der Waals surface area contributed by atoms with E-state index in [1.165, 1.54) is 5.56 Å². The van der Waals surface area contributed by atoms with Crippen molar-refractivity contribution in [2.45, 2.75) is 38.6 Å². The summed E-state index contributed by atoms with van der Waals surface area (Å²) >= 11 is 0. The van der Waals surface area contributed by atoms with Gasteiger partial charge in [-0.15, -0.1) is 0 Å². The molecule has 2 N–H and O–H groups in total. The van der Waals surface area contributed by atoms with Gasteiger partial charge in [-0.05, 0) is 12.0 Å². The second kappa shape index (κ2) is 6.31. The van der Waals surface area contributed by atoms with E-state index in [-0.39, 0.29) is 6.04 Å². The highest BCUT2D eigenvalue weighted by Crippen LogP contribution is 2.08. The van der Waals surface area contributed by atoms with Crippen molar-refractivity contribution in [3.8, 4) is 0 Å². The summed E-state index contributed by atoms with van der Waals surface area (Å²) < 4.78 is 5.21. The Labute approximate surface area is 107 Å². The zero-order chi connectivity index (χ0) is 12.8. The van der Waals surface area contributed by atoms with Crippen LogP contribution in [0.5, 0.6) is 0 Å². The van der Waals surface area contributed by atoms with E-state index in [4.69, 9.17) is 10.3 Å². The first kappa shape index (κ1) is 12.8. The van der Waals surface area contributed by atoms with Gasteiger partial charge in [-0.2, -0.15) is 4.98 Å². The Balaban J connectivity index is 1.94. The van der Waals surface area contributed by atoms with Crippen LogP contribution in [0.4, 0.5) is 0 Å². The number of nitrogens with two attached hydrogens (primary N) is 1. The fourth-order valence-corrected chi connectivity index (χ4v) is 1.92. The molecule has 4 nitrogen and oxygen atoms in total. The van der Waals surface area contributed by atoms with Crippen molar-refractivity contribution >= 4 is 0 Å². The van der Waals surface area contributed by atoms with E-state index in [0.29, 0.717) is 18.7 Å². The van der Waals surface area contributed by atoms with Gasteiger partial charge in [-0.25, -0.2) is 0 Å². The lowest BCUT2D eigenvalue weighted by atomic mass is 10.1. The van der Waals surface area contributed by atoms with Crippen LogP contribution in [0.15, 0.2) is 34.9 Å². The van der Waals surface area contributed by atoms with E-state index >= 15 is 0 Å². The van der Waals surface area contributed by atoms with Gasteiger partial charge in [0.15, 0.2) is 5.82 Å². The summed E-state index contributed by atoms with van der Waals surface area (Å²) in [4.78, 5) is 4.37. The molecule has 0 spiro atoms. The molecule has 0 fully saturated rings. The molecule has 0 aliphatic rings. The fourth-order valence-electron chi connectivity index (χ4n) is 1.92. The molecule has 0 aliphatic carbocycles. The van der Waals surface area contributed by atoms with Crippen LogP contribution in [0.2, 0.25) is 0 Å². The summed E-state index contributed by atoms with van der Waals surface area (Å²) in [7, 11) is 0. The number of aromatic nitrogens is 2. The molecule has 1 heterocycles. The van der Waals surface area contributed by atoms with Crippen molar-refractivity contribution in [1.29, 1.82) is 0 Å². The van der Waals surface area contributed by atoms with Gasteiger partial charge in [0.05, 0.1) is 0 Å². The number of benzene rings is 1. The minimum atomic E-state index is 0.111. The van der Waals surface area contributed by atoms with Crippen LogP contribution < -0.4 is 5.73 Å². The van der Waals surface area contributed by atoms with Crippen molar-refractivity contribution in [2.24, 2.45) is 5.73 Å². The van der Waals surface area contributed by atoms with E-state index < -0.39 is 0 Å². The van der Waals surface area contributed by atoms with E-state index in [9.17, 15) is 0 Å². The Hall–Kier alpha value is -1.68. The molecule has 0 bridgehead atoms. The Morgan fingerprint density at radius 2 is 2.06 bits per heavy atom. The van der Waals surface area contributed by atoms with Crippen molar-refractivity contribution in [2.75, 3.05) is 0 Å². The minimum absolute atomic E-state index is 0.111. The molecule has 96 valence electrons. The molecule has 18 heavy (non-hydrogen) atoms. The molecule has 1 atom stereocenters. The molecular weight excluding hydrogens is 226 g/mol. The third-order valence-electron chi connectivity index (χ3n) is 2.81. The van der Waals surface area contributed by atoms with E-state index in [0.717, 1.165) is 18.7 Å². The van der Waals surface area contributed by atoms with E-state index in [1.807, 2.05) is 18.2 Å². The monoisotopic (exact) mass is 245 g/mol. The number of hydrogen-bond acceptors (Lipinski definition) is 4. The number of nitrogens with zero attached hydrogens (tertiary/aromatic N) is 2. The molecule has 2 rings (SSSR count). The minimum Gasteiger partial charge on any atom is -0.339 e. The largest absolute Gasteiger partial charge is 0.339 e. The van der Waals surface area contributed by atoms with Gasteiger partial charge < -0.3 is 10.3 Å². The molecule has 2 aromatic rings. The lowest BCUT2D eigenvalue weighted by Gasteiger charge is -2.05. The Bertz CT molecular complexity index is 467. The van der Waals surface area contributed by atoms with Crippen LogP contribution in [0.1, 0.15) is 37.0 Å². The smallest absolute Gasteiger partial charge is 0.228 e. The molecule has 0 amide bonds. The SMILES string of the molecule is CCCC(N)Cc1nc(Cc2ccccc2)no1. The normalized spacial score (nSPS) is 12.6.